The Hall–Kier alpha value is -3.64. The predicted molar refractivity (Wildman–Crippen MR) is 137 cm³/mol. The van der Waals surface area contributed by atoms with E-state index in [-0.39, 0.29) is 46.5 Å². The number of hydrogen-bond acceptors (Lipinski definition) is 14. The lowest BCUT2D eigenvalue weighted by Crippen LogP contribution is -2.71. The SMILES string of the molecule is CCON=C(C(=O)N[C@@H]1C(=O)N2C(C(=O)O)=C(CSc3cc(N)nc(N)[n+]3C)CS[C@H]12)c1nsc(N)n1. The van der Waals surface area contributed by atoms with Gasteiger partial charge in [0.2, 0.25) is 17.4 Å². The van der Waals surface area contributed by atoms with Gasteiger partial charge in [-0.3, -0.25) is 20.2 Å². The van der Waals surface area contributed by atoms with E-state index in [1.807, 2.05) is 0 Å². The zero-order valence-corrected chi connectivity index (χ0v) is 22.0. The number of thioether (sulfide) groups is 2. The van der Waals surface area contributed by atoms with Gasteiger partial charge in [0.1, 0.15) is 28.7 Å². The topological polar surface area (TPSA) is 229 Å². The first kappa shape index (κ1) is 26.4. The maximum Gasteiger partial charge on any atom is 0.392 e. The molecule has 0 bridgehead atoms. The number of nitrogens with two attached hydrogens (primary N) is 3. The van der Waals surface area contributed by atoms with Crippen LogP contribution in [0.2, 0.25) is 0 Å². The van der Waals surface area contributed by atoms with E-state index in [1.165, 1.54) is 28.4 Å². The summed E-state index contributed by atoms with van der Waals surface area (Å²) in [5, 5.41) is 16.5. The summed E-state index contributed by atoms with van der Waals surface area (Å²) in [7, 11) is 1.72. The third-order valence-electron chi connectivity index (χ3n) is 5.27. The average molecular weight is 568 g/mol. The zero-order valence-electron chi connectivity index (χ0n) is 19.6. The van der Waals surface area contributed by atoms with Crippen LogP contribution in [0.5, 0.6) is 0 Å². The van der Waals surface area contributed by atoms with E-state index in [2.05, 4.69) is 24.8 Å². The van der Waals surface area contributed by atoms with E-state index in [4.69, 9.17) is 22.0 Å². The van der Waals surface area contributed by atoms with Crippen LogP contribution in [0.25, 0.3) is 0 Å². The van der Waals surface area contributed by atoms with Gasteiger partial charge in [0.15, 0.2) is 5.13 Å². The number of carboxylic acids is 1. The van der Waals surface area contributed by atoms with Crippen LogP contribution in [0.15, 0.2) is 27.5 Å². The van der Waals surface area contributed by atoms with Crippen molar-refractivity contribution in [1.29, 1.82) is 0 Å². The van der Waals surface area contributed by atoms with Crippen molar-refractivity contribution in [1.82, 2.24) is 24.6 Å². The summed E-state index contributed by atoms with van der Waals surface area (Å²) >= 11 is 3.54. The third-order valence-corrected chi connectivity index (χ3v) is 8.34. The molecule has 0 spiro atoms. The third kappa shape index (κ3) is 5.25. The van der Waals surface area contributed by atoms with Crippen molar-refractivity contribution in [3.8, 4) is 0 Å². The highest BCUT2D eigenvalue weighted by atomic mass is 32.2. The fourth-order valence-electron chi connectivity index (χ4n) is 3.52. The molecular formula is C19H23N10O5S3+. The molecule has 2 aliphatic rings. The standard InChI is InChI=1S/C19H22N10O5S3/c1-3-34-26-10(13-25-19(22)37-27-13)14(30)24-11-15(31)29-12(17(32)33)7(6-36-16(11)29)5-35-9-4-8(20)23-18(21)28(9)2/h4,11,16H,3,5-6H2,1-2H3,(H7,20,21,22,23,24,25,27,30,32,33)/p+1/t11-,16-/m1/s1. The molecule has 2 aromatic rings. The van der Waals surface area contributed by atoms with Gasteiger partial charge in [-0.15, -0.1) is 11.8 Å². The van der Waals surface area contributed by atoms with E-state index in [0.29, 0.717) is 16.4 Å². The molecule has 0 radical (unpaired) electrons. The monoisotopic (exact) mass is 567 g/mol. The Morgan fingerprint density at radius 2 is 2.14 bits per heavy atom. The number of aliphatic carboxylic acids is 1. The highest BCUT2D eigenvalue weighted by molar-refractivity contribution is 8.01. The second kappa shape index (κ2) is 10.8. The van der Waals surface area contributed by atoms with Gasteiger partial charge >= 0.3 is 11.9 Å². The van der Waals surface area contributed by atoms with E-state index in [0.717, 1.165) is 11.5 Å². The molecule has 196 valence electrons. The van der Waals surface area contributed by atoms with Crippen LogP contribution < -0.4 is 27.1 Å². The Morgan fingerprint density at radius 3 is 2.78 bits per heavy atom. The first-order chi connectivity index (χ1) is 17.6. The fraction of sp³-hybridized carbons (Fsp3) is 0.368. The molecule has 18 heteroatoms. The summed E-state index contributed by atoms with van der Waals surface area (Å²) in [5.74, 6) is -1.51. The van der Waals surface area contributed by atoms with Gasteiger partial charge in [0, 0.05) is 29.1 Å². The lowest BCUT2D eigenvalue weighted by molar-refractivity contribution is -0.696. The number of rotatable bonds is 9. The van der Waals surface area contributed by atoms with Crippen molar-refractivity contribution in [2.45, 2.75) is 23.4 Å². The number of nitrogens with one attached hydrogen (secondary N) is 1. The van der Waals surface area contributed by atoms with E-state index in [9.17, 15) is 19.5 Å². The maximum absolute atomic E-state index is 13.0. The van der Waals surface area contributed by atoms with Gasteiger partial charge in [-0.05, 0) is 12.5 Å². The molecule has 0 aromatic carbocycles. The summed E-state index contributed by atoms with van der Waals surface area (Å²) in [5.41, 5.74) is 17.4. The number of aromatic nitrogens is 4. The molecule has 1 fully saturated rings. The van der Waals surface area contributed by atoms with Gasteiger partial charge in [-0.25, -0.2) is 9.36 Å². The summed E-state index contributed by atoms with van der Waals surface area (Å²) in [6.45, 7) is 1.87. The van der Waals surface area contributed by atoms with E-state index >= 15 is 0 Å². The molecular weight excluding hydrogens is 544 g/mol. The Balaban J connectivity index is 1.51. The van der Waals surface area contributed by atoms with Crippen LogP contribution in [0.3, 0.4) is 0 Å². The van der Waals surface area contributed by atoms with Crippen LogP contribution >= 0.6 is 35.1 Å². The number of carbonyl (C=O) groups excluding carboxylic acids is 2. The molecule has 0 aliphatic carbocycles. The molecule has 2 atom stereocenters. The number of carbonyl (C=O) groups is 3. The minimum atomic E-state index is -1.24. The van der Waals surface area contributed by atoms with Gasteiger partial charge in [-0.1, -0.05) is 21.9 Å². The maximum atomic E-state index is 13.0. The van der Waals surface area contributed by atoms with Gasteiger partial charge in [0.05, 0.1) is 7.05 Å². The van der Waals surface area contributed by atoms with Crippen LogP contribution in [0.4, 0.5) is 16.9 Å². The van der Waals surface area contributed by atoms with Crippen molar-refractivity contribution < 1.29 is 28.9 Å². The number of carboxylic acid groups (broad SMARTS) is 1. The molecule has 2 aliphatic heterocycles. The number of nitrogen functional groups attached to an aromatic ring is 3. The number of β-lactam (4-membered cyclic amide) rings is 1. The van der Waals surface area contributed by atoms with Crippen molar-refractivity contribution in [2.24, 2.45) is 12.2 Å². The number of fused-ring (bicyclic) bond motifs is 1. The second-order valence-corrected chi connectivity index (χ2v) is 10.5. The van der Waals surface area contributed by atoms with Gasteiger partial charge in [0.25, 0.3) is 11.8 Å². The molecule has 4 heterocycles. The van der Waals surface area contributed by atoms with Crippen molar-refractivity contribution in [3.63, 3.8) is 0 Å². The summed E-state index contributed by atoms with van der Waals surface area (Å²) in [6.07, 6.45) is 0. The van der Waals surface area contributed by atoms with Crippen LogP contribution in [0, 0.1) is 0 Å². The summed E-state index contributed by atoms with van der Waals surface area (Å²) in [6, 6.07) is 0.661. The number of hydrogen-bond donors (Lipinski definition) is 5. The number of amides is 2. The fourth-order valence-corrected chi connectivity index (χ4v) is 6.49. The molecule has 37 heavy (non-hydrogen) atoms. The Labute approximate surface area is 222 Å². The zero-order chi connectivity index (χ0) is 26.9. The first-order valence-electron chi connectivity index (χ1n) is 10.7. The molecule has 1 saturated heterocycles. The highest BCUT2D eigenvalue weighted by Gasteiger charge is 2.54. The van der Waals surface area contributed by atoms with Gasteiger partial charge < -0.3 is 26.7 Å². The quantitative estimate of drug-likeness (QED) is 0.0598. The summed E-state index contributed by atoms with van der Waals surface area (Å²) in [4.78, 5) is 52.2. The molecule has 0 saturated carbocycles. The minimum Gasteiger partial charge on any atom is -0.477 e. The van der Waals surface area contributed by atoms with Crippen molar-refractivity contribution >= 4 is 75.4 Å². The molecule has 8 N–H and O–H groups in total. The van der Waals surface area contributed by atoms with Crippen LogP contribution in [-0.4, -0.2) is 77.4 Å². The molecule has 2 amide bonds. The predicted octanol–water partition coefficient (Wildman–Crippen LogP) is -1.22. The molecule has 2 aromatic heterocycles. The molecule has 0 unspecified atom stereocenters. The average Bonchev–Trinajstić information content (AvgIpc) is 3.28. The van der Waals surface area contributed by atoms with Gasteiger partial charge in [-0.2, -0.15) is 9.36 Å². The molecule has 15 nitrogen and oxygen atoms in total. The van der Waals surface area contributed by atoms with Crippen LogP contribution in [-0.2, 0) is 26.3 Å². The normalized spacial score (nSPS) is 19.4. The van der Waals surface area contributed by atoms with Crippen LogP contribution in [0.1, 0.15) is 12.7 Å². The highest BCUT2D eigenvalue weighted by Crippen LogP contribution is 2.41. The van der Waals surface area contributed by atoms with E-state index < -0.39 is 29.2 Å². The van der Waals surface area contributed by atoms with Crippen molar-refractivity contribution in [3.05, 3.63) is 23.2 Å². The van der Waals surface area contributed by atoms with E-state index in [1.54, 1.807) is 24.6 Å². The smallest absolute Gasteiger partial charge is 0.392 e. The summed E-state index contributed by atoms with van der Waals surface area (Å²) < 4.78 is 5.61. The minimum absolute atomic E-state index is 0.0376. The molecule has 4 rings (SSSR count). The van der Waals surface area contributed by atoms with Crippen molar-refractivity contribution in [2.75, 3.05) is 35.3 Å². The lowest BCUT2D eigenvalue weighted by Gasteiger charge is -2.49. The Morgan fingerprint density at radius 1 is 1.38 bits per heavy atom. The second-order valence-electron chi connectivity index (χ2n) is 7.66. The first-order valence-corrected chi connectivity index (χ1v) is 13.5. The number of oxime groups is 1. The Kier molecular flexibility index (Phi) is 7.69. The lowest BCUT2D eigenvalue weighted by atomic mass is 10.0. The largest absolute Gasteiger partial charge is 0.477 e. The number of nitrogens with zero attached hydrogens (tertiary/aromatic N) is 6. The number of anilines is 3. The Bertz CT molecular complexity index is 1330.